The van der Waals surface area contributed by atoms with Gasteiger partial charge in [-0.1, -0.05) is 6.07 Å². The Balaban J connectivity index is 3.08. The molecule has 0 aliphatic heterocycles. The summed E-state index contributed by atoms with van der Waals surface area (Å²) in [6, 6.07) is 5.47. The molecular formula is C11H14N2O2. The number of nitrogens with two attached hydrogens (primary N) is 1. The highest BCUT2D eigenvalue weighted by Gasteiger charge is 2.25. The zero-order chi connectivity index (χ0) is 11.5. The number of hydrogen-bond donors (Lipinski definition) is 2. The lowest BCUT2D eigenvalue weighted by Crippen LogP contribution is -2.27. The fraction of sp³-hybridized carbons (Fsp3) is 0.273. The minimum Gasteiger partial charge on any atom is -0.478 e. The molecule has 0 bridgehead atoms. The van der Waals surface area contributed by atoms with Gasteiger partial charge in [-0.15, -0.1) is 0 Å². The van der Waals surface area contributed by atoms with Gasteiger partial charge in [0.15, 0.2) is 0 Å². The third-order valence-corrected chi connectivity index (χ3v) is 2.31. The molecular weight excluding hydrogens is 192 g/mol. The van der Waals surface area contributed by atoms with Crippen molar-refractivity contribution in [1.82, 2.24) is 4.98 Å². The van der Waals surface area contributed by atoms with Crippen LogP contribution < -0.4 is 5.73 Å². The minimum atomic E-state index is -1.04. The second kappa shape index (κ2) is 4.13. The van der Waals surface area contributed by atoms with Crippen LogP contribution in [0.4, 0.5) is 0 Å². The molecule has 0 aliphatic carbocycles. The van der Waals surface area contributed by atoms with Gasteiger partial charge in [0.25, 0.3) is 0 Å². The summed E-state index contributed by atoms with van der Waals surface area (Å²) < 4.78 is 0. The van der Waals surface area contributed by atoms with Crippen LogP contribution >= 0.6 is 0 Å². The van der Waals surface area contributed by atoms with Crippen molar-refractivity contribution in [3.63, 3.8) is 0 Å². The molecule has 15 heavy (non-hydrogen) atoms. The molecule has 0 saturated carbocycles. The molecule has 0 aliphatic rings. The average molecular weight is 206 g/mol. The molecule has 0 radical (unpaired) electrons. The van der Waals surface area contributed by atoms with E-state index in [1.54, 1.807) is 12.3 Å². The fourth-order valence-corrected chi connectivity index (χ4v) is 1.19. The summed E-state index contributed by atoms with van der Waals surface area (Å²) in [6.07, 6.45) is 2.67. The van der Waals surface area contributed by atoms with E-state index < -0.39 is 11.4 Å². The molecule has 0 saturated heterocycles. The second-order valence-electron chi connectivity index (χ2n) is 3.78. The molecule has 1 aromatic heterocycles. The number of rotatable bonds is 3. The van der Waals surface area contributed by atoms with Gasteiger partial charge >= 0.3 is 5.97 Å². The summed E-state index contributed by atoms with van der Waals surface area (Å²) in [7, 11) is 0. The van der Waals surface area contributed by atoms with Crippen LogP contribution in [-0.4, -0.2) is 16.1 Å². The van der Waals surface area contributed by atoms with Crippen LogP contribution in [0.15, 0.2) is 36.2 Å². The van der Waals surface area contributed by atoms with Crippen molar-refractivity contribution in [2.24, 2.45) is 5.73 Å². The van der Waals surface area contributed by atoms with Crippen LogP contribution in [0.1, 0.15) is 19.5 Å². The van der Waals surface area contributed by atoms with Gasteiger partial charge in [-0.2, -0.15) is 0 Å². The first kappa shape index (κ1) is 11.2. The smallest absolute Gasteiger partial charge is 0.330 e. The lowest BCUT2D eigenvalue weighted by molar-refractivity contribution is -0.131. The van der Waals surface area contributed by atoms with E-state index in [2.05, 4.69) is 4.98 Å². The number of carboxylic acids is 1. The van der Waals surface area contributed by atoms with E-state index in [0.29, 0.717) is 0 Å². The molecule has 80 valence electrons. The molecule has 0 unspecified atom stereocenters. The van der Waals surface area contributed by atoms with Gasteiger partial charge in [0.2, 0.25) is 0 Å². The Labute approximate surface area is 88.4 Å². The topological polar surface area (TPSA) is 76.2 Å². The molecule has 1 aromatic rings. The Bertz CT molecular complexity index is 383. The molecule has 0 spiro atoms. The third kappa shape index (κ3) is 2.56. The van der Waals surface area contributed by atoms with Gasteiger partial charge in [0.1, 0.15) is 0 Å². The lowest BCUT2D eigenvalue weighted by atomic mass is 9.85. The Hall–Kier alpha value is -1.84. The highest BCUT2D eigenvalue weighted by molar-refractivity contribution is 5.81. The lowest BCUT2D eigenvalue weighted by Gasteiger charge is -2.24. The van der Waals surface area contributed by atoms with Gasteiger partial charge in [-0.05, 0) is 26.0 Å². The van der Waals surface area contributed by atoms with E-state index in [-0.39, 0.29) is 5.70 Å². The molecule has 4 nitrogen and oxygen atoms in total. The van der Waals surface area contributed by atoms with Crippen LogP contribution in [0, 0.1) is 0 Å². The highest BCUT2D eigenvalue weighted by atomic mass is 16.4. The monoisotopic (exact) mass is 206 g/mol. The first-order chi connectivity index (χ1) is 6.94. The number of allylic oxidation sites excluding steroid dienone is 1. The van der Waals surface area contributed by atoms with Crippen LogP contribution in [0.5, 0.6) is 0 Å². The minimum absolute atomic E-state index is 0.286. The number of carboxylic acid groups (broad SMARTS) is 1. The standard InChI is InChI=1S/C11H14N2O2/c1-11(2,8(12)7-10(14)15)9-5-3-4-6-13-9/h3-7H,12H2,1-2H3,(H,14,15). The van der Waals surface area contributed by atoms with Crippen molar-refractivity contribution in [2.75, 3.05) is 0 Å². The second-order valence-corrected chi connectivity index (χ2v) is 3.78. The first-order valence-electron chi connectivity index (χ1n) is 4.56. The van der Waals surface area contributed by atoms with E-state index in [1.165, 1.54) is 0 Å². The maximum Gasteiger partial charge on any atom is 0.330 e. The molecule has 4 heteroatoms. The predicted molar refractivity (Wildman–Crippen MR) is 57.2 cm³/mol. The molecule has 3 N–H and O–H groups in total. The zero-order valence-electron chi connectivity index (χ0n) is 8.77. The zero-order valence-corrected chi connectivity index (χ0v) is 8.77. The van der Waals surface area contributed by atoms with Crippen molar-refractivity contribution in [3.05, 3.63) is 41.9 Å². The first-order valence-corrected chi connectivity index (χ1v) is 4.56. The molecule has 0 amide bonds. The van der Waals surface area contributed by atoms with Gasteiger partial charge in [-0.25, -0.2) is 4.79 Å². The number of aromatic nitrogens is 1. The van der Waals surface area contributed by atoms with Crippen molar-refractivity contribution in [2.45, 2.75) is 19.3 Å². The Morgan fingerprint density at radius 3 is 2.67 bits per heavy atom. The van der Waals surface area contributed by atoms with Crippen LogP contribution in [0.3, 0.4) is 0 Å². The van der Waals surface area contributed by atoms with Gasteiger partial charge < -0.3 is 10.8 Å². The van der Waals surface area contributed by atoms with Crippen LogP contribution in [0.2, 0.25) is 0 Å². The highest BCUT2D eigenvalue weighted by Crippen LogP contribution is 2.26. The number of hydrogen-bond acceptors (Lipinski definition) is 3. The van der Waals surface area contributed by atoms with E-state index in [0.717, 1.165) is 11.8 Å². The van der Waals surface area contributed by atoms with E-state index >= 15 is 0 Å². The summed E-state index contributed by atoms with van der Waals surface area (Å²) in [5, 5.41) is 8.62. The molecule has 0 fully saturated rings. The summed E-state index contributed by atoms with van der Waals surface area (Å²) >= 11 is 0. The van der Waals surface area contributed by atoms with Crippen molar-refractivity contribution in [1.29, 1.82) is 0 Å². The van der Waals surface area contributed by atoms with Gasteiger partial charge in [0.05, 0.1) is 5.69 Å². The number of nitrogens with zero attached hydrogens (tertiary/aromatic N) is 1. The fourth-order valence-electron chi connectivity index (χ4n) is 1.19. The Morgan fingerprint density at radius 2 is 2.20 bits per heavy atom. The quantitative estimate of drug-likeness (QED) is 0.730. The maximum absolute atomic E-state index is 10.5. The summed E-state index contributed by atoms with van der Waals surface area (Å²) in [5.74, 6) is -1.04. The van der Waals surface area contributed by atoms with Crippen LogP contribution in [0.25, 0.3) is 0 Å². The predicted octanol–water partition coefficient (Wildman–Crippen LogP) is 1.29. The largest absolute Gasteiger partial charge is 0.478 e. The van der Waals surface area contributed by atoms with Gasteiger partial charge in [-0.3, -0.25) is 4.98 Å². The molecule has 1 rings (SSSR count). The summed E-state index contributed by atoms with van der Waals surface area (Å²) in [6.45, 7) is 3.67. The van der Waals surface area contributed by atoms with E-state index in [1.807, 2.05) is 26.0 Å². The van der Waals surface area contributed by atoms with Crippen LogP contribution in [-0.2, 0) is 10.2 Å². The average Bonchev–Trinajstić information content (AvgIpc) is 2.18. The number of aliphatic carboxylic acids is 1. The van der Waals surface area contributed by atoms with Crippen molar-refractivity contribution in [3.8, 4) is 0 Å². The van der Waals surface area contributed by atoms with Gasteiger partial charge in [0, 0.05) is 23.4 Å². The maximum atomic E-state index is 10.5. The molecule has 1 heterocycles. The summed E-state index contributed by atoms with van der Waals surface area (Å²) in [4.78, 5) is 14.7. The Kier molecular flexibility index (Phi) is 3.09. The number of carbonyl (C=O) groups is 1. The summed E-state index contributed by atoms with van der Waals surface area (Å²) in [5.41, 5.74) is 6.19. The third-order valence-electron chi connectivity index (χ3n) is 2.31. The Morgan fingerprint density at radius 1 is 1.53 bits per heavy atom. The van der Waals surface area contributed by atoms with E-state index in [4.69, 9.17) is 10.8 Å². The van der Waals surface area contributed by atoms with Crippen molar-refractivity contribution >= 4 is 5.97 Å². The normalized spacial score (nSPS) is 12.5. The van der Waals surface area contributed by atoms with E-state index in [9.17, 15) is 4.79 Å². The number of pyridine rings is 1. The van der Waals surface area contributed by atoms with Crippen molar-refractivity contribution < 1.29 is 9.90 Å². The SMILES string of the molecule is CC(C)(C(N)=CC(=O)O)c1ccccn1. The molecule has 0 aromatic carbocycles. The molecule has 0 atom stereocenters.